The monoisotopic (exact) mass is 429 g/mol. The fourth-order valence-corrected chi connectivity index (χ4v) is 7.17. The van der Waals surface area contributed by atoms with Gasteiger partial charge in [0.05, 0.1) is 13.2 Å². The van der Waals surface area contributed by atoms with Gasteiger partial charge in [-0.2, -0.15) is 0 Å². The first-order valence-corrected chi connectivity index (χ1v) is 12.0. The van der Waals surface area contributed by atoms with Gasteiger partial charge in [0.1, 0.15) is 0 Å². The van der Waals surface area contributed by atoms with Crippen LogP contribution < -0.4 is 10.1 Å². The summed E-state index contributed by atoms with van der Waals surface area (Å²) >= 11 is 0. The van der Waals surface area contributed by atoms with Crippen LogP contribution in [0.25, 0.3) is 0 Å². The molecule has 1 aromatic carbocycles. The number of hydrogen-bond donors (Lipinski definition) is 1. The van der Waals surface area contributed by atoms with Crippen molar-refractivity contribution in [3.8, 4) is 5.75 Å². The zero-order valence-electron chi connectivity index (χ0n) is 18.9. The van der Waals surface area contributed by atoms with E-state index in [-0.39, 0.29) is 29.1 Å². The van der Waals surface area contributed by atoms with E-state index >= 15 is 0 Å². The fourth-order valence-electron chi connectivity index (χ4n) is 7.17. The van der Waals surface area contributed by atoms with E-state index in [1.807, 2.05) is 6.07 Å². The van der Waals surface area contributed by atoms with Crippen LogP contribution in [-0.2, 0) is 11.3 Å². The summed E-state index contributed by atoms with van der Waals surface area (Å²) in [7, 11) is 1.48. The maximum atomic E-state index is 14.0. The highest BCUT2D eigenvalue weighted by Crippen LogP contribution is 2.55. The van der Waals surface area contributed by atoms with Crippen molar-refractivity contribution in [3.63, 3.8) is 0 Å². The van der Waals surface area contributed by atoms with E-state index in [0.717, 1.165) is 56.0 Å². The van der Waals surface area contributed by atoms with E-state index < -0.39 is 0 Å². The minimum atomic E-state index is -0.311. The van der Waals surface area contributed by atoms with Crippen molar-refractivity contribution < 1.29 is 13.9 Å². The molecule has 4 bridgehead atoms. The Morgan fingerprint density at radius 3 is 2.29 bits per heavy atom. The molecular formula is C25H36FN3O2. The summed E-state index contributed by atoms with van der Waals surface area (Å²) in [6, 6.07) is 5.09. The largest absolute Gasteiger partial charge is 0.494 e. The molecule has 0 spiro atoms. The van der Waals surface area contributed by atoms with E-state index in [2.05, 4.69) is 22.0 Å². The average Bonchev–Trinajstić information content (AvgIpc) is 2.72. The van der Waals surface area contributed by atoms with Crippen LogP contribution in [0.1, 0.15) is 51.0 Å². The van der Waals surface area contributed by atoms with Crippen LogP contribution >= 0.6 is 0 Å². The van der Waals surface area contributed by atoms with Crippen LogP contribution in [0.15, 0.2) is 18.2 Å². The number of piperazine rings is 1. The van der Waals surface area contributed by atoms with Crippen molar-refractivity contribution in [2.45, 2.75) is 63.6 Å². The number of hydrogen-bond acceptors (Lipinski definition) is 4. The van der Waals surface area contributed by atoms with E-state index in [1.54, 1.807) is 12.1 Å². The fraction of sp³-hybridized carbons (Fsp3) is 0.720. The molecule has 170 valence electrons. The second kappa shape index (κ2) is 8.36. The van der Waals surface area contributed by atoms with E-state index in [4.69, 9.17) is 4.74 Å². The molecule has 5 aliphatic rings. The van der Waals surface area contributed by atoms with E-state index in [9.17, 15) is 9.18 Å². The maximum Gasteiger partial charge on any atom is 0.237 e. The summed E-state index contributed by atoms with van der Waals surface area (Å²) in [5.74, 6) is 2.71. The highest BCUT2D eigenvalue weighted by atomic mass is 19.1. The van der Waals surface area contributed by atoms with Gasteiger partial charge >= 0.3 is 0 Å². The first-order valence-electron chi connectivity index (χ1n) is 12.0. The Labute approximate surface area is 185 Å². The van der Waals surface area contributed by atoms with Gasteiger partial charge in [0.15, 0.2) is 11.6 Å². The summed E-state index contributed by atoms with van der Waals surface area (Å²) in [5.41, 5.74) is 1.04. The third kappa shape index (κ3) is 4.34. The third-order valence-corrected chi connectivity index (χ3v) is 8.38. The predicted octanol–water partition coefficient (Wildman–Crippen LogP) is 3.43. The Bertz CT molecular complexity index is 786. The first-order chi connectivity index (χ1) is 14.9. The molecule has 0 aromatic heterocycles. The SMILES string of the molecule is COc1ccc(CN2CCN([C@H](C)C(=O)NC34CC5CC(CC(C5)C3)C4)CC2)cc1F. The van der Waals surface area contributed by atoms with Crippen LogP contribution in [0.3, 0.4) is 0 Å². The van der Waals surface area contributed by atoms with Crippen LogP contribution in [0.2, 0.25) is 0 Å². The molecule has 5 nitrogen and oxygen atoms in total. The number of nitrogens with zero attached hydrogens (tertiary/aromatic N) is 2. The molecule has 1 saturated heterocycles. The van der Waals surface area contributed by atoms with E-state index in [1.165, 1.54) is 45.6 Å². The average molecular weight is 430 g/mol. The molecule has 31 heavy (non-hydrogen) atoms. The van der Waals surface area contributed by atoms with Crippen molar-refractivity contribution in [2.24, 2.45) is 17.8 Å². The second-order valence-electron chi connectivity index (χ2n) is 10.6. The standard InChI is InChI=1S/C25H36FN3O2/c1-17(24(30)27-25-13-19-9-20(14-25)11-21(10-19)15-25)29-7-5-28(6-8-29)16-18-3-4-23(31-2)22(26)12-18/h3-4,12,17,19-21H,5-11,13-16H2,1-2H3,(H,27,30)/t17-,19?,20?,21?,25?/m1/s1. The minimum absolute atomic E-state index is 0.0837. The summed E-state index contributed by atoms with van der Waals surface area (Å²) < 4.78 is 19.0. The quantitative estimate of drug-likeness (QED) is 0.753. The molecule has 4 saturated carbocycles. The Kier molecular flexibility index (Phi) is 5.72. The third-order valence-electron chi connectivity index (χ3n) is 8.38. The molecule has 1 aliphatic heterocycles. The van der Waals surface area contributed by atoms with Crippen molar-refractivity contribution in [1.82, 2.24) is 15.1 Å². The number of carbonyl (C=O) groups is 1. The molecule has 1 amide bonds. The minimum Gasteiger partial charge on any atom is -0.494 e. The van der Waals surface area contributed by atoms with Gasteiger partial charge in [-0.3, -0.25) is 14.6 Å². The van der Waals surface area contributed by atoms with Gasteiger partial charge in [-0.05, 0) is 80.9 Å². The molecule has 6 rings (SSSR count). The number of methoxy groups -OCH3 is 1. The van der Waals surface area contributed by atoms with E-state index in [0.29, 0.717) is 0 Å². The van der Waals surface area contributed by atoms with Gasteiger partial charge in [0.2, 0.25) is 5.91 Å². The lowest BCUT2D eigenvalue weighted by Crippen LogP contribution is -2.63. The lowest BCUT2D eigenvalue weighted by molar-refractivity contribution is -0.132. The number of carbonyl (C=O) groups excluding carboxylic acids is 1. The molecule has 0 unspecified atom stereocenters. The molecule has 1 N–H and O–H groups in total. The highest BCUT2D eigenvalue weighted by Gasteiger charge is 2.51. The molecule has 1 atom stereocenters. The summed E-state index contributed by atoms with van der Waals surface area (Å²) in [6.45, 7) is 6.31. The maximum absolute atomic E-state index is 14.0. The number of ether oxygens (including phenoxy) is 1. The zero-order chi connectivity index (χ0) is 21.6. The summed E-state index contributed by atoms with van der Waals surface area (Å²) in [6.07, 6.45) is 7.77. The van der Waals surface area contributed by atoms with Crippen LogP contribution in [0.5, 0.6) is 5.75 Å². The predicted molar refractivity (Wildman–Crippen MR) is 118 cm³/mol. The Hall–Kier alpha value is -1.66. The second-order valence-corrected chi connectivity index (χ2v) is 10.6. The topological polar surface area (TPSA) is 44.8 Å². The number of nitrogens with one attached hydrogen (secondary N) is 1. The number of halogens is 1. The Balaban J connectivity index is 1.13. The van der Waals surface area contributed by atoms with Gasteiger partial charge in [0, 0.05) is 38.3 Å². The molecule has 5 fully saturated rings. The smallest absolute Gasteiger partial charge is 0.237 e. The molecule has 4 aliphatic carbocycles. The normalized spacial score (nSPS) is 34.0. The number of benzene rings is 1. The van der Waals surface area contributed by atoms with Gasteiger partial charge in [-0.15, -0.1) is 0 Å². The molecule has 6 heteroatoms. The molecule has 0 radical (unpaired) electrons. The van der Waals surface area contributed by atoms with Crippen molar-refractivity contribution in [3.05, 3.63) is 29.6 Å². The zero-order valence-corrected chi connectivity index (χ0v) is 18.9. The van der Waals surface area contributed by atoms with Gasteiger partial charge in [0.25, 0.3) is 0 Å². The first kappa shape index (κ1) is 21.2. The van der Waals surface area contributed by atoms with Crippen molar-refractivity contribution in [2.75, 3.05) is 33.3 Å². The van der Waals surface area contributed by atoms with Gasteiger partial charge < -0.3 is 10.1 Å². The van der Waals surface area contributed by atoms with Crippen molar-refractivity contribution >= 4 is 5.91 Å². The summed E-state index contributed by atoms with van der Waals surface area (Å²) in [5, 5.41) is 3.54. The Morgan fingerprint density at radius 1 is 1.13 bits per heavy atom. The molecule has 1 heterocycles. The van der Waals surface area contributed by atoms with Gasteiger partial charge in [-0.25, -0.2) is 4.39 Å². The van der Waals surface area contributed by atoms with Crippen LogP contribution in [0, 0.1) is 23.6 Å². The Morgan fingerprint density at radius 2 is 1.74 bits per heavy atom. The molecular weight excluding hydrogens is 393 g/mol. The lowest BCUT2D eigenvalue weighted by atomic mass is 9.53. The van der Waals surface area contributed by atoms with Gasteiger partial charge in [-0.1, -0.05) is 6.07 Å². The lowest BCUT2D eigenvalue weighted by Gasteiger charge is -2.57. The van der Waals surface area contributed by atoms with Crippen LogP contribution in [0.4, 0.5) is 4.39 Å². The molecule has 1 aromatic rings. The summed E-state index contributed by atoms with van der Waals surface area (Å²) in [4.78, 5) is 17.8. The number of amides is 1. The van der Waals surface area contributed by atoms with Crippen molar-refractivity contribution in [1.29, 1.82) is 0 Å². The van der Waals surface area contributed by atoms with Crippen LogP contribution in [-0.4, -0.2) is 60.6 Å². The number of rotatable bonds is 6. The highest BCUT2D eigenvalue weighted by molar-refractivity contribution is 5.82.